The maximum Gasteiger partial charge on any atom is 0.173 e. The molecule has 1 heterocycles. The number of benzene rings is 2. The van der Waals surface area contributed by atoms with Gasteiger partial charge in [-0.05, 0) is 44.3 Å². The van der Waals surface area contributed by atoms with Crippen molar-refractivity contribution in [3.63, 3.8) is 0 Å². The van der Waals surface area contributed by atoms with Crippen molar-refractivity contribution >= 4 is 23.0 Å². The summed E-state index contributed by atoms with van der Waals surface area (Å²) in [5.41, 5.74) is 4.82. The van der Waals surface area contributed by atoms with Gasteiger partial charge in [0.15, 0.2) is 5.11 Å². The molecule has 2 aromatic carbocycles. The third kappa shape index (κ3) is 4.74. The Balaban J connectivity index is 1.53. The van der Waals surface area contributed by atoms with Gasteiger partial charge in [-0.25, -0.2) is 0 Å². The summed E-state index contributed by atoms with van der Waals surface area (Å²) >= 11 is 5.59. The summed E-state index contributed by atoms with van der Waals surface area (Å²) < 4.78 is 5.51. The van der Waals surface area contributed by atoms with Gasteiger partial charge in [0.2, 0.25) is 0 Å². The molecule has 1 fully saturated rings. The number of aryl methyl sites for hydroxylation is 2. The number of anilines is 1. The van der Waals surface area contributed by atoms with Crippen LogP contribution in [-0.4, -0.2) is 48.2 Å². The summed E-state index contributed by atoms with van der Waals surface area (Å²) in [5, 5.41) is 4.16. The topological polar surface area (TPSA) is 27.7 Å². The molecule has 26 heavy (non-hydrogen) atoms. The molecule has 0 atom stereocenters. The van der Waals surface area contributed by atoms with Crippen molar-refractivity contribution in [3.05, 3.63) is 59.2 Å². The molecule has 1 aliphatic rings. The fourth-order valence-corrected chi connectivity index (χ4v) is 3.52. The van der Waals surface area contributed by atoms with E-state index in [1.54, 1.807) is 7.11 Å². The predicted octanol–water partition coefficient (Wildman–Crippen LogP) is 3.83. The van der Waals surface area contributed by atoms with Crippen molar-refractivity contribution in [3.8, 4) is 5.75 Å². The lowest BCUT2D eigenvalue weighted by Gasteiger charge is -2.36. The molecule has 0 aromatic heterocycles. The van der Waals surface area contributed by atoms with E-state index in [0.29, 0.717) is 0 Å². The van der Waals surface area contributed by atoms with Crippen LogP contribution < -0.4 is 10.1 Å². The number of nitrogens with zero attached hydrogens (tertiary/aromatic N) is 2. The fourth-order valence-electron chi connectivity index (χ4n) is 3.22. The Labute approximate surface area is 161 Å². The van der Waals surface area contributed by atoms with Crippen LogP contribution in [0.3, 0.4) is 0 Å². The highest BCUT2D eigenvalue weighted by atomic mass is 32.1. The van der Waals surface area contributed by atoms with Crippen LogP contribution in [0.15, 0.2) is 42.5 Å². The van der Waals surface area contributed by atoms with Gasteiger partial charge in [0.1, 0.15) is 5.75 Å². The molecule has 0 spiro atoms. The van der Waals surface area contributed by atoms with E-state index in [2.05, 4.69) is 71.4 Å². The molecule has 0 bridgehead atoms. The molecule has 138 valence electrons. The number of hydrogen-bond acceptors (Lipinski definition) is 3. The Morgan fingerprint density at radius 1 is 1.00 bits per heavy atom. The highest BCUT2D eigenvalue weighted by Gasteiger charge is 2.20. The lowest BCUT2D eigenvalue weighted by atomic mass is 10.1. The Bertz CT molecular complexity index is 752. The number of hydrogen-bond donors (Lipinski definition) is 1. The number of methoxy groups -OCH3 is 1. The maximum atomic E-state index is 5.59. The number of thiocarbonyl (C=S) groups is 1. The minimum Gasteiger partial charge on any atom is -0.496 e. The molecule has 1 N–H and O–H groups in total. The second kappa shape index (κ2) is 8.52. The van der Waals surface area contributed by atoms with Crippen molar-refractivity contribution in [1.29, 1.82) is 0 Å². The van der Waals surface area contributed by atoms with Crippen LogP contribution in [0.25, 0.3) is 0 Å². The average Bonchev–Trinajstić information content (AvgIpc) is 2.64. The number of ether oxygens (including phenoxy) is 1. The van der Waals surface area contributed by atoms with Gasteiger partial charge in [-0.3, -0.25) is 4.90 Å². The zero-order valence-corrected chi connectivity index (χ0v) is 16.6. The van der Waals surface area contributed by atoms with E-state index in [-0.39, 0.29) is 0 Å². The molecule has 0 aliphatic carbocycles. The van der Waals surface area contributed by atoms with E-state index in [0.717, 1.165) is 49.3 Å². The van der Waals surface area contributed by atoms with Crippen LogP contribution in [0, 0.1) is 13.8 Å². The first-order chi connectivity index (χ1) is 12.5. The van der Waals surface area contributed by atoms with Crippen LogP contribution in [-0.2, 0) is 6.54 Å². The van der Waals surface area contributed by atoms with Crippen molar-refractivity contribution in [2.45, 2.75) is 20.4 Å². The summed E-state index contributed by atoms with van der Waals surface area (Å²) in [6, 6.07) is 14.7. The van der Waals surface area contributed by atoms with Gasteiger partial charge in [-0.15, -0.1) is 0 Å². The third-order valence-corrected chi connectivity index (χ3v) is 5.15. The lowest BCUT2D eigenvalue weighted by molar-refractivity contribution is 0.175. The summed E-state index contributed by atoms with van der Waals surface area (Å²) in [4.78, 5) is 4.71. The van der Waals surface area contributed by atoms with Crippen LogP contribution in [0.2, 0.25) is 0 Å². The maximum absolute atomic E-state index is 5.59. The summed E-state index contributed by atoms with van der Waals surface area (Å²) in [6.07, 6.45) is 0. The molecule has 2 aromatic rings. The van der Waals surface area contributed by atoms with Crippen LogP contribution in [0.5, 0.6) is 5.75 Å². The molecule has 0 amide bonds. The normalized spacial score (nSPS) is 15.0. The van der Waals surface area contributed by atoms with Gasteiger partial charge in [-0.2, -0.15) is 0 Å². The molecule has 1 saturated heterocycles. The molecule has 5 heteroatoms. The number of nitrogens with one attached hydrogen (secondary N) is 1. The minimum atomic E-state index is 0.807. The number of piperazine rings is 1. The van der Waals surface area contributed by atoms with Crippen molar-refractivity contribution in [2.75, 3.05) is 38.6 Å². The Hall–Kier alpha value is -2.11. The molecule has 0 saturated carbocycles. The van der Waals surface area contributed by atoms with Crippen molar-refractivity contribution < 1.29 is 4.74 Å². The van der Waals surface area contributed by atoms with E-state index in [9.17, 15) is 0 Å². The SMILES string of the molecule is COc1ccc(C)cc1CN1CCN(C(=S)Nc2ccc(C)cc2)CC1. The van der Waals surface area contributed by atoms with E-state index in [1.807, 2.05) is 0 Å². The molecule has 1 aliphatic heterocycles. The van der Waals surface area contributed by atoms with Crippen molar-refractivity contribution in [1.82, 2.24) is 9.80 Å². The third-order valence-electron chi connectivity index (χ3n) is 4.79. The smallest absolute Gasteiger partial charge is 0.173 e. The van der Waals surface area contributed by atoms with Crippen LogP contribution in [0.1, 0.15) is 16.7 Å². The van der Waals surface area contributed by atoms with E-state index < -0.39 is 0 Å². The highest BCUT2D eigenvalue weighted by Crippen LogP contribution is 2.22. The fraction of sp³-hybridized carbons (Fsp3) is 0.381. The first-order valence-corrected chi connectivity index (χ1v) is 9.44. The van der Waals surface area contributed by atoms with Gasteiger partial charge < -0.3 is 15.0 Å². The second-order valence-electron chi connectivity index (χ2n) is 6.87. The quantitative estimate of drug-likeness (QED) is 0.827. The van der Waals surface area contributed by atoms with E-state index in [4.69, 9.17) is 17.0 Å². The van der Waals surface area contributed by atoms with E-state index in [1.165, 1.54) is 16.7 Å². The standard InChI is InChI=1S/C21H27N3OS/c1-16-4-7-19(8-5-16)22-21(26)24-12-10-23(11-13-24)15-18-14-17(2)6-9-20(18)25-3/h4-9,14H,10-13,15H2,1-3H3,(H,22,26). The first kappa shape index (κ1) is 18.7. The van der Waals surface area contributed by atoms with Crippen LogP contribution in [0.4, 0.5) is 5.69 Å². The Morgan fingerprint density at radius 3 is 2.31 bits per heavy atom. The van der Waals surface area contributed by atoms with Crippen molar-refractivity contribution in [2.24, 2.45) is 0 Å². The second-order valence-corrected chi connectivity index (χ2v) is 7.26. The van der Waals surface area contributed by atoms with Gasteiger partial charge in [0, 0.05) is 44.0 Å². The van der Waals surface area contributed by atoms with Gasteiger partial charge >= 0.3 is 0 Å². The molecule has 4 nitrogen and oxygen atoms in total. The lowest BCUT2D eigenvalue weighted by Crippen LogP contribution is -2.49. The highest BCUT2D eigenvalue weighted by molar-refractivity contribution is 7.80. The summed E-state index contributed by atoms with van der Waals surface area (Å²) in [6.45, 7) is 8.98. The van der Waals surface area contributed by atoms with E-state index >= 15 is 0 Å². The molecular weight excluding hydrogens is 342 g/mol. The predicted molar refractivity (Wildman–Crippen MR) is 112 cm³/mol. The molecular formula is C21H27N3OS. The summed E-state index contributed by atoms with van der Waals surface area (Å²) in [5.74, 6) is 0.967. The number of rotatable bonds is 4. The molecule has 0 unspecified atom stereocenters. The van der Waals surface area contributed by atoms with Gasteiger partial charge in [-0.1, -0.05) is 35.4 Å². The first-order valence-electron chi connectivity index (χ1n) is 9.03. The zero-order chi connectivity index (χ0) is 18.5. The average molecular weight is 370 g/mol. The minimum absolute atomic E-state index is 0.807. The van der Waals surface area contributed by atoms with Crippen LogP contribution >= 0.6 is 12.2 Å². The summed E-state index contributed by atoms with van der Waals surface area (Å²) in [7, 11) is 1.74. The molecule has 3 rings (SSSR count). The van der Waals surface area contributed by atoms with Gasteiger partial charge in [0.05, 0.1) is 7.11 Å². The Morgan fingerprint density at radius 2 is 1.65 bits per heavy atom. The Kier molecular flexibility index (Phi) is 6.12. The van der Waals surface area contributed by atoms with Gasteiger partial charge in [0.25, 0.3) is 0 Å². The largest absolute Gasteiger partial charge is 0.496 e. The molecule has 0 radical (unpaired) electrons. The zero-order valence-electron chi connectivity index (χ0n) is 15.8. The monoisotopic (exact) mass is 369 g/mol.